The monoisotopic (exact) mass is 471 g/mol. The summed E-state index contributed by atoms with van der Waals surface area (Å²) in [6, 6.07) is 10.8. The van der Waals surface area contributed by atoms with Gasteiger partial charge >= 0.3 is 5.97 Å². The number of nitrogens with one attached hydrogen (secondary N) is 1. The van der Waals surface area contributed by atoms with Crippen molar-refractivity contribution in [3.63, 3.8) is 0 Å². The first-order valence-electron chi connectivity index (χ1n) is 12.3. The lowest BCUT2D eigenvalue weighted by atomic mass is 9.92. The van der Waals surface area contributed by atoms with Gasteiger partial charge in [0.25, 0.3) is 0 Å². The molecule has 1 atom stereocenters. The smallest absolute Gasteiger partial charge is 0.306 e. The number of hydrogen-bond donors (Lipinski definition) is 1. The molecule has 0 saturated heterocycles. The van der Waals surface area contributed by atoms with Crippen LogP contribution in [0, 0.1) is 5.92 Å². The van der Waals surface area contributed by atoms with Crippen molar-refractivity contribution in [1.29, 1.82) is 0 Å². The first-order valence-corrected chi connectivity index (χ1v) is 12.7. The summed E-state index contributed by atoms with van der Waals surface area (Å²) >= 11 is 6.05. The van der Waals surface area contributed by atoms with E-state index in [2.05, 4.69) is 54.2 Å². The molecule has 0 amide bonds. The van der Waals surface area contributed by atoms with Crippen molar-refractivity contribution in [2.24, 2.45) is 5.92 Å². The molecule has 1 aromatic heterocycles. The van der Waals surface area contributed by atoms with Crippen molar-refractivity contribution in [3.05, 3.63) is 47.1 Å². The Morgan fingerprint density at radius 3 is 2.58 bits per heavy atom. The second-order valence-corrected chi connectivity index (χ2v) is 9.95. The van der Waals surface area contributed by atoms with Crippen molar-refractivity contribution < 1.29 is 9.53 Å². The molecule has 33 heavy (non-hydrogen) atoms. The lowest BCUT2D eigenvalue weighted by Gasteiger charge is -2.38. The Morgan fingerprint density at radius 2 is 1.94 bits per heavy atom. The zero-order valence-corrected chi connectivity index (χ0v) is 21.2. The van der Waals surface area contributed by atoms with Crippen molar-refractivity contribution in [1.82, 2.24) is 4.98 Å². The summed E-state index contributed by atoms with van der Waals surface area (Å²) in [6.45, 7) is 9.88. The second-order valence-electron chi connectivity index (χ2n) is 9.51. The highest BCUT2D eigenvalue weighted by Crippen LogP contribution is 2.37. The molecule has 6 heteroatoms. The molecule has 0 bridgehead atoms. The summed E-state index contributed by atoms with van der Waals surface area (Å²) < 4.78 is 5.17. The molecular formula is C27H38ClN3O2. The second kappa shape index (κ2) is 12.3. The summed E-state index contributed by atoms with van der Waals surface area (Å²) in [5.41, 5.74) is 3.32. The molecule has 0 unspecified atom stereocenters. The quantitative estimate of drug-likeness (QED) is 0.367. The summed E-state index contributed by atoms with van der Waals surface area (Å²) in [6.07, 6.45) is 8.38. The Balaban J connectivity index is 1.97. The minimum Gasteiger partial charge on any atom is -0.466 e. The van der Waals surface area contributed by atoms with Crippen LogP contribution in [0.3, 0.4) is 0 Å². The predicted octanol–water partition coefficient (Wildman–Crippen LogP) is 7.33. The number of benzene rings is 1. The van der Waals surface area contributed by atoms with Crippen LogP contribution < -0.4 is 10.2 Å². The lowest BCUT2D eigenvalue weighted by molar-refractivity contribution is -0.143. The number of hydrogen-bond acceptors (Lipinski definition) is 5. The maximum Gasteiger partial charge on any atom is 0.306 e. The molecule has 5 nitrogen and oxygen atoms in total. The number of carbonyl (C=O) groups excluding carboxylic acids is 1. The number of aromatic nitrogens is 1. The van der Waals surface area contributed by atoms with Crippen molar-refractivity contribution >= 4 is 34.8 Å². The van der Waals surface area contributed by atoms with Crippen molar-refractivity contribution in [2.75, 3.05) is 23.4 Å². The fourth-order valence-electron chi connectivity index (χ4n) is 4.62. The number of ether oxygens (including phenoxy) is 1. The Bertz CT molecular complexity index is 895. The molecular weight excluding hydrogens is 434 g/mol. The first-order chi connectivity index (χ1) is 15.9. The Labute approximate surface area is 203 Å². The van der Waals surface area contributed by atoms with Crippen LogP contribution in [0.1, 0.15) is 77.7 Å². The SMILES string of the molecule is CCOC(=O)C[C@@H](C)c1ccc(N(CC(C)C)C2CCCCC2)c(Nc2ccc(Cl)cn2)c1. The van der Waals surface area contributed by atoms with E-state index in [9.17, 15) is 4.79 Å². The van der Waals surface area contributed by atoms with E-state index in [0.717, 1.165) is 23.6 Å². The Morgan fingerprint density at radius 1 is 1.18 bits per heavy atom. The lowest BCUT2D eigenvalue weighted by Crippen LogP contribution is -2.39. The molecule has 1 aromatic carbocycles. The highest BCUT2D eigenvalue weighted by Gasteiger charge is 2.25. The third kappa shape index (κ3) is 7.36. The maximum atomic E-state index is 12.1. The highest BCUT2D eigenvalue weighted by atomic mass is 35.5. The van der Waals surface area contributed by atoms with Gasteiger partial charge < -0.3 is 15.0 Å². The van der Waals surface area contributed by atoms with Crippen LogP contribution in [0.15, 0.2) is 36.5 Å². The van der Waals surface area contributed by atoms with Crippen LogP contribution in [0.5, 0.6) is 0 Å². The van der Waals surface area contributed by atoms with Gasteiger partial charge in [-0.1, -0.05) is 57.7 Å². The van der Waals surface area contributed by atoms with Gasteiger partial charge in [0.2, 0.25) is 0 Å². The van der Waals surface area contributed by atoms with Crippen LogP contribution in [0.4, 0.5) is 17.2 Å². The van der Waals surface area contributed by atoms with Gasteiger partial charge in [-0.05, 0) is 61.4 Å². The molecule has 1 saturated carbocycles. The van der Waals surface area contributed by atoms with E-state index in [1.165, 1.54) is 37.8 Å². The molecule has 3 rings (SSSR count). The van der Waals surface area contributed by atoms with Gasteiger partial charge in [-0.15, -0.1) is 0 Å². The molecule has 2 aromatic rings. The predicted molar refractivity (Wildman–Crippen MR) is 138 cm³/mol. The van der Waals surface area contributed by atoms with E-state index in [1.54, 1.807) is 6.20 Å². The number of nitrogens with zero attached hydrogens (tertiary/aromatic N) is 2. The fraction of sp³-hybridized carbons (Fsp3) is 0.556. The Kier molecular flexibility index (Phi) is 9.42. The summed E-state index contributed by atoms with van der Waals surface area (Å²) in [5, 5.41) is 4.15. The number of carbonyl (C=O) groups is 1. The number of pyridine rings is 1. The fourth-order valence-corrected chi connectivity index (χ4v) is 4.73. The van der Waals surface area contributed by atoms with Gasteiger partial charge in [0.1, 0.15) is 5.82 Å². The highest BCUT2D eigenvalue weighted by molar-refractivity contribution is 6.30. The molecule has 1 N–H and O–H groups in total. The largest absolute Gasteiger partial charge is 0.466 e. The van der Waals surface area contributed by atoms with Gasteiger partial charge in [0.05, 0.1) is 29.4 Å². The Hall–Kier alpha value is -2.27. The van der Waals surface area contributed by atoms with E-state index in [0.29, 0.717) is 30.0 Å². The molecule has 1 fully saturated rings. The maximum absolute atomic E-state index is 12.1. The zero-order chi connectivity index (χ0) is 23.8. The molecule has 180 valence electrons. The van der Waals surface area contributed by atoms with E-state index >= 15 is 0 Å². The average molecular weight is 472 g/mol. The molecule has 0 spiro atoms. The van der Waals surface area contributed by atoms with Gasteiger partial charge in [-0.3, -0.25) is 4.79 Å². The summed E-state index contributed by atoms with van der Waals surface area (Å²) in [5.74, 6) is 1.21. The number of esters is 1. The molecule has 1 heterocycles. The summed E-state index contributed by atoms with van der Waals surface area (Å²) in [4.78, 5) is 19.1. The van der Waals surface area contributed by atoms with Gasteiger partial charge in [-0.25, -0.2) is 4.98 Å². The van der Waals surface area contributed by atoms with E-state index in [-0.39, 0.29) is 11.9 Å². The topological polar surface area (TPSA) is 54.5 Å². The van der Waals surface area contributed by atoms with Crippen LogP contribution in [0.25, 0.3) is 0 Å². The summed E-state index contributed by atoms with van der Waals surface area (Å²) in [7, 11) is 0. The van der Waals surface area contributed by atoms with Gasteiger partial charge in [0, 0.05) is 18.8 Å². The van der Waals surface area contributed by atoms with Gasteiger partial charge in [0.15, 0.2) is 0 Å². The van der Waals surface area contributed by atoms with Crippen LogP contribution in [-0.2, 0) is 9.53 Å². The van der Waals surface area contributed by atoms with Crippen molar-refractivity contribution in [2.45, 2.75) is 78.2 Å². The third-order valence-electron chi connectivity index (χ3n) is 6.24. The zero-order valence-electron chi connectivity index (χ0n) is 20.4. The average Bonchev–Trinajstić information content (AvgIpc) is 2.80. The normalized spacial score (nSPS) is 15.3. The molecule has 0 aliphatic heterocycles. The van der Waals surface area contributed by atoms with Gasteiger partial charge in [-0.2, -0.15) is 0 Å². The molecule has 0 radical (unpaired) electrons. The first kappa shape index (κ1) is 25.4. The van der Waals surface area contributed by atoms with E-state index < -0.39 is 0 Å². The van der Waals surface area contributed by atoms with Crippen LogP contribution in [0.2, 0.25) is 5.02 Å². The van der Waals surface area contributed by atoms with Crippen LogP contribution in [-0.4, -0.2) is 30.1 Å². The standard InChI is InChI=1S/C27H38ClN3O2/c1-5-33-27(32)15-20(4)21-11-13-25(24(16-21)30-26-14-12-22(28)17-29-26)31(18-19(2)3)23-9-7-6-8-10-23/h11-14,16-17,19-20,23H,5-10,15,18H2,1-4H3,(H,29,30)/t20-/m1/s1. The molecule has 1 aliphatic carbocycles. The number of halogens is 1. The molecule has 1 aliphatic rings. The number of rotatable bonds is 10. The number of anilines is 3. The van der Waals surface area contributed by atoms with Crippen LogP contribution >= 0.6 is 11.6 Å². The minimum atomic E-state index is -0.161. The minimum absolute atomic E-state index is 0.0602. The third-order valence-corrected chi connectivity index (χ3v) is 6.47. The van der Waals surface area contributed by atoms with E-state index in [1.807, 2.05) is 19.1 Å². The van der Waals surface area contributed by atoms with E-state index in [4.69, 9.17) is 16.3 Å². The van der Waals surface area contributed by atoms with Crippen molar-refractivity contribution in [3.8, 4) is 0 Å².